The van der Waals surface area contributed by atoms with Crippen LogP contribution in [0.1, 0.15) is 51.4 Å². The van der Waals surface area contributed by atoms with E-state index >= 15 is 0 Å². The summed E-state index contributed by atoms with van der Waals surface area (Å²) in [7, 11) is 0. The second kappa shape index (κ2) is 8.32. The molecule has 0 spiro atoms. The Balaban J connectivity index is 1.36. The van der Waals surface area contributed by atoms with Crippen molar-refractivity contribution in [3.8, 4) is 5.75 Å². The lowest BCUT2D eigenvalue weighted by atomic mass is 9.87. The number of carbonyl (C=O) groups excluding carboxylic acids is 1. The number of hydrogen-bond donors (Lipinski definition) is 0. The molecule has 0 atom stereocenters. The van der Waals surface area contributed by atoms with E-state index in [0.717, 1.165) is 57.6 Å². The molecule has 1 aromatic rings. The summed E-state index contributed by atoms with van der Waals surface area (Å²) in [6.07, 6.45) is 12.8. The number of rotatable bonds is 5. The fourth-order valence-corrected chi connectivity index (χ4v) is 3.83. The van der Waals surface area contributed by atoms with E-state index in [1.54, 1.807) is 12.4 Å². The van der Waals surface area contributed by atoms with E-state index in [1.165, 1.54) is 19.3 Å². The Labute approximate surface area is 139 Å². The third-order valence-corrected chi connectivity index (χ3v) is 5.31. The molecule has 23 heavy (non-hydrogen) atoms. The molecule has 1 amide bonds. The third kappa shape index (κ3) is 4.69. The van der Waals surface area contributed by atoms with E-state index in [2.05, 4.69) is 9.88 Å². The first-order valence-corrected chi connectivity index (χ1v) is 9.14. The number of nitrogens with zero attached hydrogens (tertiary/aromatic N) is 2. The summed E-state index contributed by atoms with van der Waals surface area (Å²) in [5.74, 6) is 2.27. The van der Waals surface area contributed by atoms with Gasteiger partial charge in [-0.05, 0) is 50.2 Å². The van der Waals surface area contributed by atoms with Crippen molar-refractivity contribution in [1.82, 2.24) is 9.88 Å². The van der Waals surface area contributed by atoms with Crippen LogP contribution in [0.5, 0.6) is 5.75 Å². The second-order valence-electron chi connectivity index (χ2n) is 6.93. The minimum absolute atomic E-state index is 0.314. The molecule has 1 saturated carbocycles. The van der Waals surface area contributed by atoms with Crippen LogP contribution < -0.4 is 4.74 Å². The summed E-state index contributed by atoms with van der Waals surface area (Å²) < 4.78 is 5.74. The molecule has 0 unspecified atom stereocenters. The molecule has 1 aromatic heterocycles. The quantitative estimate of drug-likeness (QED) is 0.832. The Morgan fingerprint density at radius 2 is 1.96 bits per heavy atom. The molecular formula is C19H28N2O2. The van der Waals surface area contributed by atoms with Gasteiger partial charge in [-0.15, -0.1) is 0 Å². The van der Waals surface area contributed by atoms with Crippen LogP contribution in [-0.2, 0) is 4.79 Å². The van der Waals surface area contributed by atoms with Crippen molar-refractivity contribution in [3.63, 3.8) is 0 Å². The number of ether oxygens (including phenoxy) is 1. The lowest BCUT2D eigenvalue weighted by molar-refractivity contribution is -0.138. The van der Waals surface area contributed by atoms with Gasteiger partial charge in [0.15, 0.2) is 0 Å². The van der Waals surface area contributed by atoms with Crippen molar-refractivity contribution >= 4 is 5.91 Å². The van der Waals surface area contributed by atoms with Crippen LogP contribution in [0.15, 0.2) is 24.5 Å². The number of aromatic nitrogens is 1. The van der Waals surface area contributed by atoms with Gasteiger partial charge in [0.2, 0.25) is 5.91 Å². The smallest absolute Gasteiger partial charge is 0.225 e. The number of amides is 1. The first-order valence-electron chi connectivity index (χ1n) is 9.14. The van der Waals surface area contributed by atoms with Crippen LogP contribution >= 0.6 is 0 Å². The highest BCUT2D eigenvalue weighted by molar-refractivity contribution is 5.79. The fourth-order valence-electron chi connectivity index (χ4n) is 3.83. The molecule has 1 aliphatic carbocycles. The SMILES string of the molecule is O=C(C1CCCCC1)N1CCC(CCOc2cccnc2)CC1. The van der Waals surface area contributed by atoms with Crippen molar-refractivity contribution in [2.45, 2.75) is 51.4 Å². The predicted octanol–water partition coefficient (Wildman–Crippen LogP) is 3.67. The van der Waals surface area contributed by atoms with Gasteiger partial charge in [-0.2, -0.15) is 0 Å². The summed E-state index contributed by atoms with van der Waals surface area (Å²) >= 11 is 0. The first-order chi connectivity index (χ1) is 11.3. The average molecular weight is 316 g/mol. The predicted molar refractivity (Wildman–Crippen MR) is 90.2 cm³/mol. The zero-order valence-electron chi connectivity index (χ0n) is 14.0. The Kier molecular flexibility index (Phi) is 5.89. The summed E-state index contributed by atoms with van der Waals surface area (Å²) in [6, 6.07) is 3.84. The maximum Gasteiger partial charge on any atom is 0.225 e. The Morgan fingerprint density at radius 1 is 1.17 bits per heavy atom. The molecule has 3 rings (SSSR count). The molecular weight excluding hydrogens is 288 g/mol. The molecule has 126 valence electrons. The van der Waals surface area contributed by atoms with Crippen LogP contribution in [0.3, 0.4) is 0 Å². The van der Waals surface area contributed by atoms with Gasteiger partial charge < -0.3 is 9.64 Å². The van der Waals surface area contributed by atoms with Gasteiger partial charge >= 0.3 is 0 Å². The van der Waals surface area contributed by atoms with Crippen LogP contribution in [0.25, 0.3) is 0 Å². The number of carbonyl (C=O) groups is 1. The zero-order valence-corrected chi connectivity index (χ0v) is 14.0. The summed E-state index contributed by atoms with van der Waals surface area (Å²) in [5, 5.41) is 0. The summed E-state index contributed by atoms with van der Waals surface area (Å²) in [6.45, 7) is 2.62. The van der Waals surface area contributed by atoms with Crippen LogP contribution in [0.4, 0.5) is 0 Å². The average Bonchev–Trinajstić information content (AvgIpc) is 2.63. The van der Waals surface area contributed by atoms with E-state index in [0.29, 0.717) is 17.7 Å². The van der Waals surface area contributed by atoms with Crippen molar-refractivity contribution in [1.29, 1.82) is 0 Å². The zero-order chi connectivity index (χ0) is 15.9. The summed E-state index contributed by atoms with van der Waals surface area (Å²) in [5.41, 5.74) is 0. The van der Waals surface area contributed by atoms with E-state index in [-0.39, 0.29) is 0 Å². The number of hydrogen-bond acceptors (Lipinski definition) is 3. The molecule has 2 aliphatic rings. The number of piperidine rings is 1. The molecule has 0 N–H and O–H groups in total. The molecule has 1 aliphatic heterocycles. The van der Waals surface area contributed by atoms with E-state index in [9.17, 15) is 4.79 Å². The van der Waals surface area contributed by atoms with E-state index < -0.39 is 0 Å². The van der Waals surface area contributed by atoms with Crippen molar-refractivity contribution in [2.24, 2.45) is 11.8 Å². The van der Waals surface area contributed by atoms with Gasteiger partial charge in [0.25, 0.3) is 0 Å². The van der Waals surface area contributed by atoms with E-state index in [4.69, 9.17) is 4.74 Å². The molecule has 0 aromatic carbocycles. The highest BCUT2D eigenvalue weighted by atomic mass is 16.5. The van der Waals surface area contributed by atoms with Gasteiger partial charge in [-0.1, -0.05) is 19.3 Å². The maximum absolute atomic E-state index is 12.6. The Morgan fingerprint density at radius 3 is 2.65 bits per heavy atom. The minimum Gasteiger partial charge on any atom is -0.492 e. The first kappa shape index (κ1) is 16.3. The van der Waals surface area contributed by atoms with Crippen molar-refractivity contribution < 1.29 is 9.53 Å². The van der Waals surface area contributed by atoms with Gasteiger partial charge in [-0.3, -0.25) is 9.78 Å². The largest absolute Gasteiger partial charge is 0.492 e. The third-order valence-electron chi connectivity index (χ3n) is 5.31. The fraction of sp³-hybridized carbons (Fsp3) is 0.684. The Hall–Kier alpha value is -1.58. The lowest BCUT2D eigenvalue weighted by Gasteiger charge is -2.35. The van der Waals surface area contributed by atoms with Gasteiger partial charge in [0.05, 0.1) is 12.8 Å². The molecule has 4 heteroatoms. The van der Waals surface area contributed by atoms with Gasteiger partial charge in [0.1, 0.15) is 5.75 Å². The van der Waals surface area contributed by atoms with Crippen molar-refractivity contribution in [2.75, 3.05) is 19.7 Å². The lowest BCUT2D eigenvalue weighted by Crippen LogP contribution is -2.42. The van der Waals surface area contributed by atoms with Crippen LogP contribution in [-0.4, -0.2) is 35.5 Å². The van der Waals surface area contributed by atoms with Crippen molar-refractivity contribution in [3.05, 3.63) is 24.5 Å². The second-order valence-corrected chi connectivity index (χ2v) is 6.93. The topological polar surface area (TPSA) is 42.4 Å². The van der Waals surface area contributed by atoms with Gasteiger partial charge in [0, 0.05) is 25.2 Å². The molecule has 2 heterocycles. The minimum atomic E-state index is 0.314. The summed E-state index contributed by atoms with van der Waals surface area (Å²) in [4.78, 5) is 18.7. The maximum atomic E-state index is 12.6. The highest BCUT2D eigenvalue weighted by Crippen LogP contribution is 2.28. The van der Waals surface area contributed by atoms with Gasteiger partial charge in [-0.25, -0.2) is 0 Å². The highest BCUT2D eigenvalue weighted by Gasteiger charge is 2.28. The molecule has 2 fully saturated rings. The van der Waals surface area contributed by atoms with Crippen LogP contribution in [0.2, 0.25) is 0 Å². The number of pyridine rings is 1. The normalized spacial score (nSPS) is 20.4. The molecule has 4 nitrogen and oxygen atoms in total. The standard InChI is InChI=1S/C19H28N2O2/c22-19(17-5-2-1-3-6-17)21-12-8-16(9-13-21)10-14-23-18-7-4-11-20-15-18/h4,7,11,15-17H,1-3,5-6,8-10,12-14H2. The molecule has 0 bridgehead atoms. The molecule has 1 saturated heterocycles. The molecule has 0 radical (unpaired) electrons. The monoisotopic (exact) mass is 316 g/mol. The van der Waals surface area contributed by atoms with E-state index in [1.807, 2.05) is 12.1 Å². The van der Waals surface area contributed by atoms with Crippen LogP contribution in [0, 0.1) is 11.8 Å². The Bertz CT molecular complexity index is 477. The number of likely N-dealkylation sites (tertiary alicyclic amines) is 1.